The van der Waals surface area contributed by atoms with Gasteiger partial charge in [0.2, 0.25) is 5.69 Å². The lowest BCUT2D eigenvalue weighted by molar-refractivity contribution is -0.141. The summed E-state index contributed by atoms with van der Waals surface area (Å²) >= 11 is 0. The van der Waals surface area contributed by atoms with E-state index in [2.05, 4.69) is 34.9 Å². The summed E-state index contributed by atoms with van der Waals surface area (Å²) in [6, 6.07) is 3.37. The minimum absolute atomic E-state index is 0.00139. The van der Waals surface area contributed by atoms with Gasteiger partial charge in [0.25, 0.3) is 5.56 Å². The predicted octanol–water partition coefficient (Wildman–Crippen LogP) is 4.02. The van der Waals surface area contributed by atoms with Crippen LogP contribution in [-0.2, 0) is 6.18 Å². The van der Waals surface area contributed by atoms with Crippen molar-refractivity contribution in [1.82, 2.24) is 34.7 Å². The zero-order chi connectivity index (χ0) is 25.6. The molecule has 5 rings (SSSR count). The molecule has 4 aromatic rings. The van der Waals surface area contributed by atoms with E-state index in [0.29, 0.717) is 29.3 Å². The summed E-state index contributed by atoms with van der Waals surface area (Å²) in [7, 11) is 0. The molecular weight excluding hydrogens is 475 g/mol. The number of aromatic amines is 1. The van der Waals surface area contributed by atoms with E-state index in [1.54, 1.807) is 6.92 Å². The maximum Gasteiger partial charge on any atom is 0.433 e. The Hall–Kier alpha value is -4.65. The van der Waals surface area contributed by atoms with Gasteiger partial charge in [0.05, 0.1) is 12.6 Å². The summed E-state index contributed by atoms with van der Waals surface area (Å²) in [6.07, 6.45) is 0.880. The molecule has 0 radical (unpaired) electrons. The average molecular weight is 491 g/mol. The lowest BCUT2D eigenvalue weighted by Crippen LogP contribution is -2.28. The van der Waals surface area contributed by atoms with Crippen molar-refractivity contribution in [1.29, 1.82) is 5.26 Å². The van der Waals surface area contributed by atoms with Crippen molar-refractivity contribution in [2.75, 3.05) is 0 Å². The number of nitrogens with zero attached hydrogens (tertiary/aromatic N) is 8. The number of pyridine rings is 1. The number of hydrogen-bond acceptors (Lipinski definition) is 7. The van der Waals surface area contributed by atoms with Crippen LogP contribution < -0.4 is 5.56 Å². The fourth-order valence-corrected chi connectivity index (χ4v) is 4.26. The first-order valence-electron chi connectivity index (χ1n) is 10.9. The first kappa shape index (κ1) is 23.1. The SMILES string of the molecule is [C-]#[N+]c1cnc(C2CCC2c2nc3c(c(C#N)nn3[C@@H](C)c3ccc(C(F)(F)F)nc3)c(=O)[nH]2)nc1. The van der Waals surface area contributed by atoms with Crippen LogP contribution in [0, 0.1) is 17.9 Å². The molecule has 36 heavy (non-hydrogen) atoms. The molecule has 4 heterocycles. The molecule has 0 aliphatic heterocycles. The van der Waals surface area contributed by atoms with E-state index in [1.165, 1.54) is 23.1 Å². The van der Waals surface area contributed by atoms with E-state index in [1.807, 2.05) is 6.07 Å². The number of fused-ring (bicyclic) bond motifs is 1. The number of rotatable bonds is 4. The van der Waals surface area contributed by atoms with Gasteiger partial charge in [-0.25, -0.2) is 14.5 Å². The summed E-state index contributed by atoms with van der Waals surface area (Å²) in [6.45, 7) is 8.70. The van der Waals surface area contributed by atoms with E-state index < -0.39 is 23.5 Å². The van der Waals surface area contributed by atoms with E-state index in [-0.39, 0.29) is 28.6 Å². The Bertz CT molecular complexity index is 1590. The number of H-pyrrole nitrogens is 1. The molecule has 0 spiro atoms. The second-order valence-electron chi connectivity index (χ2n) is 8.41. The Morgan fingerprint density at radius 2 is 1.92 bits per heavy atom. The van der Waals surface area contributed by atoms with Crippen molar-refractivity contribution in [2.45, 2.75) is 43.8 Å². The molecule has 1 aliphatic carbocycles. The summed E-state index contributed by atoms with van der Waals surface area (Å²) in [4.78, 5) is 35.7. The maximum absolute atomic E-state index is 13.0. The molecule has 1 fully saturated rings. The van der Waals surface area contributed by atoms with Gasteiger partial charge in [0.1, 0.15) is 28.8 Å². The molecule has 13 heteroatoms. The fraction of sp³-hybridized carbons (Fsp3) is 0.304. The highest BCUT2D eigenvalue weighted by Crippen LogP contribution is 2.46. The zero-order valence-electron chi connectivity index (χ0n) is 18.7. The maximum atomic E-state index is 13.0. The van der Waals surface area contributed by atoms with Gasteiger partial charge in [-0.2, -0.15) is 23.5 Å². The molecule has 1 aliphatic rings. The van der Waals surface area contributed by atoms with Gasteiger partial charge in [-0.15, -0.1) is 0 Å². The highest BCUT2D eigenvalue weighted by Gasteiger charge is 2.38. The lowest BCUT2D eigenvalue weighted by Gasteiger charge is -2.34. The molecular formula is C23H16F3N9O. The minimum Gasteiger partial charge on any atom is -0.310 e. The normalized spacial score (nSPS) is 18.3. The second-order valence-corrected chi connectivity index (χ2v) is 8.41. The van der Waals surface area contributed by atoms with Gasteiger partial charge in [-0.05, 0) is 31.4 Å². The third-order valence-electron chi connectivity index (χ3n) is 6.36. The third kappa shape index (κ3) is 3.84. The monoisotopic (exact) mass is 491 g/mol. The summed E-state index contributed by atoms with van der Waals surface area (Å²) in [5.74, 6) is 0.605. The van der Waals surface area contributed by atoms with Gasteiger partial charge in [0.15, 0.2) is 11.3 Å². The van der Waals surface area contributed by atoms with Crippen LogP contribution in [0.2, 0.25) is 0 Å². The van der Waals surface area contributed by atoms with Crippen molar-refractivity contribution in [2.24, 2.45) is 0 Å². The second kappa shape index (κ2) is 8.53. The van der Waals surface area contributed by atoms with Crippen molar-refractivity contribution >= 4 is 16.7 Å². The molecule has 3 atom stereocenters. The summed E-state index contributed by atoms with van der Waals surface area (Å²) in [5.41, 5.74) is -0.836. The van der Waals surface area contributed by atoms with Gasteiger partial charge in [0, 0.05) is 30.4 Å². The molecule has 0 bridgehead atoms. The van der Waals surface area contributed by atoms with E-state index in [0.717, 1.165) is 18.7 Å². The topological polar surface area (TPSA) is 130 Å². The molecule has 1 N–H and O–H groups in total. The third-order valence-corrected chi connectivity index (χ3v) is 6.36. The van der Waals surface area contributed by atoms with Gasteiger partial charge < -0.3 is 4.98 Å². The number of aromatic nitrogens is 7. The first-order valence-corrected chi connectivity index (χ1v) is 10.9. The van der Waals surface area contributed by atoms with E-state index in [9.17, 15) is 23.2 Å². The summed E-state index contributed by atoms with van der Waals surface area (Å²) < 4.78 is 40.1. The molecule has 180 valence electrons. The average Bonchev–Trinajstić information content (AvgIpc) is 3.22. The molecule has 0 saturated heterocycles. The first-order chi connectivity index (χ1) is 17.2. The minimum atomic E-state index is -4.57. The predicted molar refractivity (Wildman–Crippen MR) is 119 cm³/mol. The Morgan fingerprint density at radius 3 is 2.47 bits per heavy atom. The Balaban J connectivity index is 1.55. The van der Waals surface area contributed by atoms with Crippen molar-refractivity contribution < 1.29 is 13.2 Å². The smallest absolute Gasteiger partial charge is 0.310 e. The molecule has 1 saturated carbocycles. The van der Waals surface area contributed by atoms with Crippen LogP contribution in [0.1, 0.15) is 66.2 Å². The quantitative estimate of drug-likeness (QED) is 0.427. The van der Waals surface area contributed by atoms with Gasteiger partial charge in [-0.3, -0.25) is 19.7 Å². The number of alkyl halides is 3. The number of hydrogen-bond donors (Lipinski definition) is 1. The molecule has 2 unspecified atom stereocenters. The van der Waals surface area contributed by atoms with Crippen molar-refractivity contribution in [3.05, 3.63) is 81.1 Å². The molecule has 0 aromatic carbocycles. The van der Waals surface area contributed by atoms with Crippen LogP contribution >= 0.6 is 0 Å². The van der Waals surface area contributed by atoms with Gasteiger partial charge in [-0.1, -0.05) is 6.07 Å². The van der Waals surface area contributed by atoms with Crippen LogP contribution in [0.25, 0.3) is 15.9 Å². The number of nitriles is 1. The van der Waals surface area contributed by atoms with Gasteiger partial charge >= 0.3 is 6.18 Å². The van der Waals surface area contributed by atoms with Crippen LogP contribution in [0.15, 0.2) is 35.5 Å². The molecule has 10 nitrogen and oxygen atoms in total. The van der Waals surface area contributed by atoms with Crippen LogP contribution in [0.4, 0.5) is 18.9 Å². The van der Waals surface area contributed by atoms with E-state index in [4.69, 9.17) is 6.57 Å². The Labute approximate surface area is 201 Å². The van der Waals surface area contributed by atoms with Crippen LogP contribution in [0.3, 0.4) is 0 Å². The molecule has 4 aromatic heterocycles. The zero-order valence-corrected chi connectivity index (χ0v) is 18.7. The fourth-order valence-electron chi connectivity index (χ4n) is 4.26. The largest absolute Gasteiger partial charge is 0.433 e. The Morgan fingerprint density at radius 1 is 1.19 bits per heavy atom. The Kier molecular flexibility index (Phi) is 5.48. The number of halogens is 3. The van der Waals surface area contributed by atoms with Crippen molar-refractivity contribution in [3.8, 4) is 6.07 Å². The highest BCUT2D eigenvalue weighted by atomic mass is 19.4. The lowest BCUT2D eigenvalue weighted by atomic mass is 9.72. The van der Waals surface area contributed by atoms with Crippen LogP contribution in [-0.4, -0.2) is 34.7 Å². The van der Waals surface area contributed by atoms with E-state index >= 15 is 0 Å². The van der Waals surface area contributed by atoms with Crippen molar-refractivity contribution in [3.63, 3.8) is 0 Å². The highest BCUT2D eigenvalue weighted by molar-refractivity contribution is 5.80. The molecule has 0 amide bonds. The van der Waals surface area contributed by atoms with Crippen LogP contribution in [0.5, 0.6) is 0 Å². The standard InChI is InChI=1S/C23H16F3N9O/c1-11(12-3-6-17(29-8-12)23(24,25)26)35-21-18(16(7-27)34-35)22(36)33-20(32-21)15-5-4-14(15)19-30-9-13(28-2)10-31-19/h3,6,8-11,14-15H,4-5H2,1H3,(H,32,33,36)/t11-,14?,15?/m0/s1. The number of nitrogens with one attached hydrogen (secondary N) is 1. The summed E-state index contributed by atoms with van der Waals surface area (Å²) in [5, 5.41) is 13.8.